The van der Waals surface area contributed by atoms with Crippen LogP contribution in [0, 0.1) is 0 Å². The van der Waals surface area contributed by atoms with Crippen molar-refractivity contribution in [2.24, 2.45) is 0 Å². The molecule has 1 aromatic heterocycles. The van der Waals surface area contributed by atoms with E-state index in [1.165, 1.54) is 19.2 Å². The molecule has 0 radical (unpaired) electrons. The fourth-order valence-corrected chi connectivity index (χ4v) is 2.65. The SMILES string of the molecule is COc1cc(N)c(Cl)cc1C(=O)OCC(=O)c1c[nH]c2ccccc12. The highest BCUT2D eigenvalue weighted by molar-refractivity contribution is 6.33. The second-order valence-electron chi connectivity index (χ2n) is 5.32. The number of anilines is 1. The number of aromatic nitrogens is 1. The van der Waals surface area contributed by atoms with Gasteiger partial charge in [0.25, 0.3) is 0 Å². The Morgan fingerprint density at radius 1 is 1.20 bits per heavy atom. The van der Waals surface area contributed by atoms with Crippen LogP contribution in [-0.4, -0.2) is 30.5 Å². The number of nitrogens with one attached hydrogen (secondary N) is 1. The summed E-state index contributed by atoms with van der Waals surface area (Å²) in [6, 6.07) is 10.2. The fourth-order valence-electron chi connectivity index (χ4n) is 2.49. The highest BCUT2D eigenvalue weighted by atomic mass is 35.5. The minimum absolute atomic E-state index is 0.105. The van der Waals surface area contributed by atoms with Crippen molar-refractivity contribution in [2.75, 3.05) is 19.5 Å². The van der Waals surface area contributed by atoms with Crippen LogP contribution in [0.3, 0.4) is 0 Å². The first-order valence-electron chi connectivity index (χ1n) is 7.40. The van der Waals surface area contributed by atoms with Gasteiger partial charge in [-0.2, -0.15) is 0 Å². The number of benzene rings is 2. The number of para-hydroxylation sites is 1. The van der Waals surface area contributed by atoms with Crippen molar-refractivity contribution in [1.29, 1.82) is 0 Å². The smallest absolute Gasteiger partial charge is 0.342 e. The molecule has 0 amide bonds. The molecular weight excluding hydrogens is 344 g/mol. The minimum atomic E-state index is -0.716. The van der Waals surface area contributed by atoms with Gasteiger partial charge in [0.05, 0.1) is 17.8 Å². The maximum Gasteiger partial charge on any atom is 0.342 e. The van der Waals surface area contributed by atoms with Gasteiger partial charge >= 0.3 is 5.97 Å². The molecule has 7 heteroatoms. The molecule has 1 heterocycles. The lowest BCUT2D eigenvalue weighted by atomic mass is 10.1. The second-order valence-corrected chi connectivity index (χ2v) is 5.73. The first-order chi connectivity index (χ1) is 12.0. The zero-order valence-corrected chi connectivity index (χ0v) is 14.1. The van der Waals surface area contributed by atoms with Crippen molar-refractivity contribution in [2.45, 2.75) is 0 Å². The van der Waals surface area contributed by atoms with Crippen molar-refractivity contribution in [1.82, 2.24) is 4.98 Å². The lowest BCUT2D eigenvalue weighted by Crippen LogP contribution is -2.15. The molecule has 0 spiro atoms. The van der Waals surface area contributed by atoms with Crippen molar-refractivity contribution in [3.05, 3.63) is 58.7 Å². The molecule has 0 aliphatic carbocycles. The summed E-state index contributed by atoms with van der Waals surface area (Å²) in [6.07, 6.45) is 1.60. The number of carbonyl (C=O) groups excluding carboxylic acids is 2. The summed E-state index contributed by atoms with van der Waals surface area (Å²) in [4.78, 5) is 27.6. The monoisotopic (exact) mass is 358 g/mol. The molecule has 3 aromatic rings. The molecule has 0 bridgehead atoms. The van der Waals surface area contributed by atoms with E-state index in [2.05, 4.69) is 4.98 Å². The van der Waals surface area contributed by atoms with E-state index in [4.69, 9.17) is 26.8 Å². The largest absolute Gasteiger partial charge is 0.496 e. The van der Waals surface area contributed by atoms with Gasteiger partial charge in [-0.1, -0.05) is 29.8 Å². The van der Waals surface area contributed by atoms with Crippen molar-refractivity contribution >= 4 is 39.9 Å². The molecule has 0 unspecified atom stereocenters. The maximum absolute atomic E-state index is 12.4. The predicted molar refractivity (Wildman–Crippen MR) is 95.3 cm³/mol. The number of methoxy groups -OCH3 is 1. The van der Waals surface area contributed by atoms with Crippen LogP contribution in [0.25, 0.3) is 10.9 Å². The Morgan fingerprint density at radius 2 is 1.96 bits per heavy atom. The molecule has 0 fully saturated rings. The topological polar surface area (TPSA) is 94.4 Å². The first-order valence-corrected chi connectivity index (χ1v) is 7.78. The Hall–Kier alpha value is -2.99. The van der Waals surface area contributed by atoms with Crippen LogP contribution >= 0.6 is 11.6 Å². The number of halogens is 1. The molecule has 0 saturated heterocycles. The average Bonchev–Trinajstić information content (AvgIpc) is 3.05. The van der Waals surface area contributed by atoms with Crippen LogP contribution in [0.4, 0.5) is 5.69 Å². The summed E-state index contributed by atoms with van der Waals surface area (Å²) in [7, 11) is 1.40. The quantitative estimate of drug-likeness (QED) is 0.414. The Balaban J connectivity index is 1.76. The van der Waals surface area contributed by atoms with E-state index >= 15 is 0 Å². The predicted octanol–water partition coefficient (Wildman–Crippen LogP) is 3.45. The van der Waals surface area contributed by atoms with Gasteiger partial charge in [-0.3, -0.25) is 4.79 Å². The van der Waals surface area contributed by atoms with E-state index in [1.807, 2.05) is 24.3 Å². The molecule has 0 aliphatic heterocycles. The molecule has 3 N–H and O–H groups in total. The number of hydrogen-bond acceptors (Lipinski definition) is 5. The highest BCUT2D eigenvalue weighted by Crippen LogP contribution is 2.29. The average molecular weight is 359 g/mol. The summed E-state index contributed by atoms with van der Waals surface area (Å²) < 4.78 is 10.2. The van der Waals surface area contributed by atoms with Gasteiger partial charge < -0.3 is 20.2 Å². The summed E-state index contributed by atoms with van der Waals surface area (Å²) in [5, 5.41) is 0.979. The molecule has 6 nitrogen and oxygen atoms in total. The van der Waals surface area contributed by atoms with Gasteiger partial charge in [0.1, 0.15) is 11.3 Å². The summed E-state index contributed by atoms with van der Waals surface area (Å²) in [5.74, 6) is -0.801. The molecular formula is C18H15ClN2O4. The summed E-state index contributed by atoms with van der Waals surface area (Å²) >= 11 is 5.94. The standard InChI is InChI=1S/C18H15ClN2O4/c1-24-17-7-14(20)13(19)6-11(17)18(23)25-9-16(22)12-8-21-15-5-3-2-4-10(12)15/h2-8,21H,9,20H2,1H3. The number of H-pyrrole nitrogens is 1. The van der Waals surface area contributed by atoms with E-state index in [0.29, 0.717) is 5.56 Å². The van der Waals surface area contributed by atoms with E-state index in [-0.39, 0.29) is 27.8 Å². The van der Waals surface area contributed by atoms with Crippen LogP contribution in [0.2, 0.25) is 5.02 Å². The lowest BCUT2D eigenvalue weighted by molar-refractivity contribution is 0.0472. The number of Topliss-reactive ketones (excluding diaryl/α,β-unsaturated/α-hetero) is 1. The van der Waals surface area contributed by atoms with E-state index < -0.39 is 12.6 Å². The van der Waals surface area contributed by atoms with Crippen LogP contribution in [-0.2, 0) is 4.74 Å². The van der Waals surface area contributed by atoms with E-state index in [1.54, 1.807) is 6.20 Å². The number of ether oxygens (including phenoxy) is 2. The normalized spacial score (nSPS) is 10.6. The fraction of sp³-hybridized carbons (Fsp3) is 0.111. The first kappa shape index (κ1) is 16.9. The number of hydrogen-bond donors (Lipinski definition) is 2. The minimum Gasteiger partial charge on any atom is -0.496 e. The third kappa shape index (κ3) is 3.29. The number of nitrogens with two attached hydrogens (primary N) is 1. The van der Waals surface area contributed by atoms with E-state index in [9.17, 15) is 9.59 Å². The molecule has 0 saturated carbocycles. The number of rotatable bonds is 5. The second kappa shape index (κ2) is 6.86. The van der Waals surface area contributed by atoms with E-state index in [0.717, 1.165) is 10.9 Å². The molecule has 128 valence electrons. The molecule has 25 heavy (non-hydrogen) atoms. The van der Waals surface area contributed by atoms with Gasteiger partial charge in [-0.05, 0) is 12.1 Å². The van der Waals surface area contributed by atoms with Crippen molar-refractivity contribution in [3.8, 4) is 5.75 Å². The van der Waals surface area contributed by atoms with Crippen LogP contribution in [0.15, 0.2) is 42.6 Å². The Kier molecular flexibility index (Phi) is 4.63. The molecule has 2 aromatic carbocycles. The van der Waals surface area contributed by atoms with Gasteiger partial charge in [-0.25, -0.2) is 4.79 Å². The lowest BCUT2D eigenvalue weighted by Gasteiger charge is -2.10. The highest BCUT2D eigenvalue weighted by Gasteiger charge is 2.19. The third-order valence-corrected chi connectivity index (χ3v) is 4.09. The number of aromatic amines is 1. The van der Waals surface area contributed by atoms with Gasteiger partial charge in [0.15, 0.2) is 6.61 Å². The number of ketones is 1. The maximum atomic E-state index is 12.4. The van der Waals surface area contributed by atoms with Gasteiger partial charge in [0, 0.05) is 28.7 Å². The number of nitrogen functional groups attached to an aromatic ring is 1. The van der Waals surface area contributed by atoms with Crippen LogP contribution in [0.5, 0.6) is 5.75 Å². The number of carbonyl (C=O) groups is 2. The van der Waals surface area contributed by atoms with Crippen LogP contribution < -0.4 is 10.5 Å². The Labute approximate surface area is 148 Å². The summed E-state index contributed by atoms with van der Waals surface area (Å²) in [5.41, 5.74) is 7.37. The third-order valence-electron chi connectivity index (χ3n) is 3.76. The van der Waals surface area contributed by atoms with Gasteiger partial charge in [-0.15, -0.1) is 0 Å². The zero-order chi connectivity index (χ0) is 18.0. The molecule has 3 rings (SSSR count). The zero-order valence-electron chi connectivity index (χ0n) is 13.3. The summed E-state index contributed by atoms with van der Waals surface area (Å²) in [6.45, 7) is -0.397. The van der Waals surface area contributed by atoms with Crippen molar-refractivity contribution in [3.63, 3.8) is 0 Å². The Morgan fingerprint density at radius 3 is 2.72 bits per heavy atom. The van der Waals surface area contributed by atoms with Crippen LogP contribution in [0.1, 0.15) is 20.7 Å². The Bertz CT molecular complexity index is 965. The molecule has 0 aliphatic rings. The van der Waals surface area contributed by atoms with Gasteiger partial charge in [0.2, 0.25) is 5.78 Å². The molecule has 0 atom stereocenters. The number of esters is 1. The number of fused-ring (bicyclic) bond motifs is 1. The van der Waals surface area contributed by atoms with Crippen molar-refractivity contribution < 1.29 is 19.1 Å².